The quantitative estimate of drug-likeness (QED) is 0.700. The van der Waals surface area contributed by atoms with E-state index in [0.29, 0.717) is 29.6 Å². The predicted molar refractivity (Wildman–Crippen MR) is 98.4 cm³/mol. The van der Waals surface area contributed by atoms with Gasteiger partial charge in [-0.25, -0.2) is 0 Å². The highest BCUT2D eigenvalue weighted by atomic mass is 16.6. The molecule has 0 aromatic heterocycles. The lowest BCUT2D eigenvalue weighted by Crippen LogP contribution is -2.30. The summed E-state index contributed by atoms with van der Waals surface area (Å²) in [5, 5.41) is 9.88. The lowest BCUT2D eigenvalue weighted by atomic mass is 10.0. The normalized spacial score (nSPS) is 13.0. The Balaban J connectivity index is 2.29. The van der Waals surface area contributed by atoms with Crippen LogP contribution in [0.2, 0.25) is 0 Å². The third kappa shape index (κ3) is 4.59. The van der Waals surface area contributed by atoms with Crippen molar-refractivity contribution in [1.29, 1.82) is 0 Å². The molecule has 0 aliphatic rings. The van der Waals surface area contributed by atoms with E-state index in [0.717, 1.165) is 5.56 Å². The topological polar surface area (TPSA) is 66.4 Å². The van der Waals surface area contributed by atoms with Gasteiger partial charge in [0.05, 0.1) is 27.4 Å². The summed E-state index contributed by atoms with van der Waals surface area (Å²) in [4.78, 5) is 0. The Bertz CT molecular complexity index is 688. The number of aliphatic hydroxyl groups is 1. The van der Waals surface area contributed by atoms with Crippen molar-refractivity contribution < 1.29 is 28.8 Å². The van der Waals surface area contributed by atoms with Crippen LogP contribution in [0.25, 0.3) is 0 Å². The van der Waals surface area contributed by atoms with Crippen molar-refractivity contribution in [2.24, 2.45) is 0 Å². The minimum absolute atomic E-state index is 0.230. The molecule has 1 N–H and O–H groups in total. The lowest BCUT2D eigenvalue weighted by Gasteiger charge is -2.27. The fourth-order valence-electron chi connectivity index (χ4n) is 2.71. The molecule has 0 saturated heterocycles. The molecule has 2 aromatic carbocycles. The number of rotatable bonds is 10. The highest BCUT2D eigenvalue weighted by Gasteiger charge is 2.26. The number of ether oxygens (including phenoxy) is 5. The molecule has 2 atom stereocenters. The van der Waals surface area contributed by atoms with Crippen LogP contribution in [0.15, 0.2) is 42.5 Å². The van der Waals surface area contributed by atoms with Crippen LogP contribution >= 0.6 is 0 Å². The summed E-state index contributed by atoms with van der Waals surface area (Å²) in [5.74, 6) is 2.37. The van der Waals surface area contributed by atoms with Crippen LogP contribution in [-0.2, 0) is 4.74 Å². The second-order valence-corrected chi connectivity index (χ2v) is 5.49. The summed E-state index contributed by atoms with van der Waals surface area (Å²) in [7, 11) is 4.72. The molecule has 0 radical (unpaired) electrons. The average molecular weight is 362 g/mol. The first-order chi connectivity index (χ1) is 12.7. The first-order valence-corrected chi connectivity index (χ1v) is 8.42. The van der Waals surface area contributed by atoms with Gasteiger partial charge in [-0.15, -0.1) is 0 Å². The molecule has 142 valence electrons. The molecule has 0 bridgehead atoms. The Labute approximate surface area is 154 Å². The molecule has 0 aliphatic carbocycles. The minimum Gasteiger partial charge on any atom is -0.493 e. The number of para-hydroxylation sites is 2. The molecular formula is C20H26O6. The summed E-state index contributed by atoms with van der Waals surface area (Å²) >= 11 is 0. The van der Waals surface area contributed by atoms with E-state index in [1.165, 1.54) is 0 Å². The zero-order valence-corrected chi connectivity index (χ0v) is 15.6. The fraction of sp³-hybridized carbons (Fsp3) is 0.400. The average Bonchev–Trinajstić information content (AvgIpc) is 2.69. The van der Waals surface area contributed by atoms with Gasteiger partial charge < -0.3 is 28.8 Å². The molecule has 6 heteroatoms. The zero-order valence-electron chi connectivity index (χ0n) is 15.6. The molecule has 0 heterocycles. The van der Waals surface area contributed by atoms with Crippen molar-refractivity contribution in [3.05, 3.63) is 48.0 Å². The van der Waals surface area contributed by atoms with Gasteiger partial charge in [0, 0.05) is 7.11 Å². The third-order valence-electron chi connectivity index (χ3n) is 3.94. The standard InChI is InChI=1S/C20H26O6/c1-5-25-16-11-10-14(12-18(16)23-3)20(24-4)19(13-21)26-17-9-7-6-8-15(17)22-2/h6-12,19-21H,5,13H2,1-4H3/t19-,20+/m0/s1. The Morgan fingerprint density at radius 3 is 2.15 bits per heavy atom. The largest absolute Gasteiger partial charge is 0.493 e. The van der Waals surface area contributed by atoms with Crippen molar-refractivity contribution in [1.82, 2.24) is 0 Å². The van der Waals surface area contributed by atoms with Crippen LogP contribution in [0.1, 0.15) is 18.6 Å². The van der Waals surface area contributed by atoms with Crippen molar-refractivity contribution in [3.63, 3.8) is 0 Å². The molecule has 0 unspecified atom stereocenters. The monoisotopic (exact) mass is 362 g/mol. The summed E-state index contributed by atoms with van der Waals surface area (Å²) in [5.41, 5.74) is 0.807. The van der Waals surface area contributed by atoms with Gasteiger partial charge >= 0.3 is 0 Å². The lowest BCUT2D eigenvalue weighted by molar-refractivity contribution is -0.0265. The Morgan fingerprint density at radius 1 is 0.885 bits per heavy atom. The summed E-state index contributed by atoms with van der Waals surface area (Å²) in [6.07, 6.45) is -1.13. The maximum atomic E-state index is 9.88. The van der Waals surface area contributed by atoms with Crippen LogP contribution in [0, 0.1) is 0 Å². The number of hydrogen-bond acceptors (Lipinski definition) is 6. The molecule has 0 spiro atoms. The van der Waals surface area contributed by atoms with Crippen LogP contribution in [-0.4, -0.2) is 45.8 Å². The van der Waals surface area contributed by atoms with E-state index in [1.54, 1.807) is 33.5 Å². The molecular weight excluding hydrogens is 336 g/mol. The minimum atomic E-state index is -0.626. The smallest absolute Gasteiger partial charge is 0.161 e. The van der Waals surface area contributed by atoms with Crippen molar-refractivity contribution in [3.8, 4) is 23.0 Å². The van der Waals surface area contributed by atoms with Crippen molar-refractivity contribution >= 4 is 0 Å². The van der Waals surface area contributed by atoms with Crippen molar-refractivity contribution in [2.45, 2.75) is 19.1 Å². The SMILES string of the molecule is CCOc1ccc([C@@H](OC)[C@H](CO)Oc2ccccc2OC)cc1OC. The van der Waals surface area contributed by atoms with Crippen molar-refractivity contribution in [2.75, 3.05) is 34.5 Å². The van der Waals surface area contributed by atoms with E-state index in [2.05, 4.69) is 0 Å². The van der Waals surface area contributed by atoms with E-state index in [9.17, 15) is 5.11 Å². The Morgan fingerprint density at radius 2 is 1.58 bits per heavy atom. The first-order valence-electron chi connectivity index (χ1n) is 8.42. The van der Waals surface area contributed by atoms with E-state index < -0.39 is 12.2 Å². The Kier molecular flexibility index (Phi) is 7.56. The molecule has 0 saturated carbocycles. The van der Waals surface area contributed by atoms with Gasteiger partial charge in [0.2, 0.25) is 0 Å². The zero-order chi connectivity index (χ0) is 18.9. The van der Waals surface area contributed by atoms with Crippen LogP contribution in [0.4, 0.5) is 0 Å². The van der Waals surface area contributed by atoms with Crippen LogP contribution in [0.5, 0.6) is 23.0 Å². The summed E-state index contributed by atoms with van der Waals surface area (Å²) < 4.78 is 27.8. The number of methoxy groups -OCH3 is 3. The van der Waals surface area contributed by atoms with Gasteiger partial charge in [-0.3, -0.25) is 0 Å². The second kappa shape index (κ2) is 9.89. The fourth-order valence-corrected chi connectivity index (χ4v) is 2.71. The second-order valence-electron chi connectivity index (χ2n) is 5.49. The van der Waals surface area contributed by atoms with E-state index in [1.807, 2.05) is 37.3 Å². The van der Waals surface area contributed by atoms with Gasteiger partial charge in [0.25, 0.3) is 0 Å². The van der Waals surface area contributed by atoms with Gasteiger partial charge in [0.1, 0.15) is 6.10 Å². The highest BCUT2D eigenvalue weighted by molar-refractivity contribution is 5.44. The van der Waals surface area contributed by atoms with Crippen LogP contribution < -0.4 is 18.9 Å². The summed E-state index contributed by atoms with van der Waals surface area (Å²) in [6.45, 7) is 2.22. The number of aliphatic hydroxyl groups excluding tert-OH is 1. The third-order valence-corrected chi connectivity index (χ3v) is 3.94. The molecule has 26 heavy (non-hydrogen) atoms. The van der Waals surface area contributed by atoms with E-state index in [4.69, 9.17) is 23.7 Å². The maximum absolute atomic E-state index is 9.88. The van der Waals surface area contributed by atoms with Crippen LogP contribution in [0.3, 0.4) is 0 Å². The number of hydrogen-bond donors (Lipinski definition) is 1. The van der Waals surface area contributed by atoms with E-state index >= 15 is 0 Å². The molecule has 0 fully saturated rings. The predicted octanol–water partition coefficient (Wildman–Crippen LogP) is 3.23. The van der Waals surface area contributed by atoms with E-state index in [-0.39, 0.29) is 6.61 Å². The molecule has 0 amide bonds. The van der Waals surface area contributed by atoms with Gasteiger partial charge in [-0.2, -0.15) is 0 Å². The Hall–Kier alpha value is -2.44. The van der Waals surface area contributed by atoms with Gasteiger partial charge in [0.15, 0.2) is 29.1 Å². The van der Waals surface area contributed by atoms with Gasteiger partial charge in [-0.05, 0) is 36.8 Å². The summed E-state index contributed by atoms with van der Waals surface area (Å²) in [6, 6.07) is 12.8. The highest BCUT2D eigenvalue weighted by Crippen LogP contribution is 2.35. The maximum Gasteiger partial charge on any atom is 0.161 e. The molecule has 2 aromatic rings. The molecule has 6 nitrogen and oxygen atoms in total. The first kappa shape index (κ1) is 19.9. The van der Waals surface area contributed by atoms with Gasteiger partial charge in [-0.1, -0.05) is 18.2 Å². The number of benzene rings is 2. The molecule has 0 aliphatic heterocycles. The molecule has 2 rings (SSSR count).